The first-order valence-electron chi connectivity index (χ1n) is 5.74. The zero-order valence-electron chi connectivity index (χ0n) is 10.2. The second-order valence-corrected chi connectivity index (χ2v) is 5.36. The van der Waals surface area contributed by atoms with E-state index < -0.39 is 0 Å². The van der Waals surface area contributed by atoms with Gasteiger partial charge in [-0.05, 0) is 12.1 Å². The molecule has 7 heteroatoms. The number of halogens is 1. The number of hydrogen-bond donors (Lipinski definition) is 0. The van der Waals surface area contributed by atoms with Crippen LogP contribution in [0.5, 0.6) is 0 Å². The molecule has 3 aromatic rings. The van der Waals surface area contributed by atoms with Crippen molar-refractivity contribution in [2.24, 2.45) is 0 Å². The third-order valence-electron chi connectivity index (χ3n) is 2.66. The van der Waals surface area contributed by atoms with Crippen LogP contribution in [0.3, 0.4) is 0 Å². The molecule has 5 nitrogen and oxygen atoms in total. The topological polar surface area (TPSA) is 52.3 Å². The van der Waals surface area contributed by atoms with E-state index >= 15 is 0 Å². The van der Waals surface area contributed by atoms with E-state index in [1.807, 2.05) is 24.3 Å². The summed E-state index contributed by atoms with van der Waals surface area (Å²) in [5, 5.41) is 14.3. The molecule has 0 fully saturated rings. The van der Waals surface area contributed by atoms with Gasteiger partial charge < -0.3 is 4.74 Å². The van der Waals surface area contributed by atoms with Crippen molar-refractivity contribution in [2.75, 3.05) is 13.7 Å². The van der Waals surface area contributed by atoms with Crippen molar-refractivity contribution in [1.82, 2.24) is 19.8 Å². The monoisotopic (exact) mass is 294 g/mol. The highest BCUT2D eigenvalue weighted by Crippen LogP contribution is 2.27. The van der Waals surface area contributed by atoms with Crippen LogP contribution < -0.4 is 0 Å². The molecule has 19 heavy (non-hydrogen) atoms. The minimum absolute atomic E-state index is 0.602. The van der Waals surface area contributed by atoms with E-state index in [1.165, 1.54) is 11.3 Å². The molecule has 98 valence electrons. The van der Waals surface area contributed by atoms with E-state index in [1.54, 1.807) is 11.6 Å². The highest BCUT2D eigenvalue weighted by atomic mass is 35.5. The molecule has 3 rings (SSSR count). The lowest BCUT2D eigenvalue weighted by molar-refractivity contribution is 0.200. The molecule has 0 aliphatic heterocycles. The molecule has 2 heterocycles. The van der Waals surface area contributed by atoms with Crippen molar-refractivity contribution in [3.05, 3.63) is 35.1 Å². The summed E-state index contributed by atoms with van der Waals surface area (Å²) in [5.41, 5.74) is 0.987. The van der Waals surface area contributed by atoms with Gasteiger partial charge in [0.1, 0.15) is 5.01 Å². The quantitative estimate of drug-likeness (QED) is 0.742. The number of benzene rings is 1. The van der Waals surface area contributed by atoms with Crippen molar-refractivity contribution in [1.29, 1.82) is 0 Å². The first kappa shape index (κ1) is 12.5. The number of ether oxygens (including phenoxy) is 1. The van der Waals surface area contributed by atoms with Crippen LogP contribution in [0.4, 0.5) is 0 Å². The van der Waals surface area contributed by atoms with Crippen LogP contribution in [0, 0.1) is 0 Å². The van der Waals surface area contributed by atoms with E-state index in [2.05, 4.69) is 15.3 Å². The number of nitrogens with zero attached hydrogens (tertiary/aromatic N) is 4. The highest BCUT2D eigenvalue weighted by molar-refractivity contribution is 7.19. The van der Waals surface area contributed by atoms with Crippen LogP contribution in [0.1, 0.15) is 5.82 Å². The predicted octanol–water partition coefficient (Wildman–Crippen LogP) is 2.70. The summed E-state index contributed by atoms with van der Waals surface area (Å²) in [6.45, 7) is 0.602. The fourth-order valence-corrected chi connectivity index (χ4v) is 2.79. The zero-order chi connectivity index (χ0) is 13.2. The fourth-order valence-electron chi connectivity index (χ4n) is 1.74. The van der Waals surface area contributed by atoms with Gasteiger partial charge in [0.2, 0.25) is 4.96 Å². The largest absolute Gasteiger partial charge is 0.384 e. The lowest BCUT2D eigenvalue weighted by Gasteiger charge is -1.96. The molecule has 0 unspecified atom stereocenters. The molecule has 0 amide bonds. The number of rotatable bonds is 4. The third-order valence-corrected chi connectivity index (χ3v) is 3.84. The predicted molar refractivity (Wildman–Crippen MR) is 74.7 cm³/mol. The van der Waals surface area contributed by atoms with Gasteiger partial charge in [-0.1, -0.05) is 35.1 Å². The third kappa shape index (κ3) is 2.47. The summed E-state index contributed by atoms with van der Waals surface area (Å²) in [7, 11) is 1.66. The summed E-state index contributed by atoms with van der Waals surface area (Å²) in [6.07, 6.45) is 0.691. The maximum Gasteiger partial charge on any atom is 0.234 e. The number of aromatic nitrogens is 4. The van der Waals surface area contributed by atoms with Crippen LogP contribution in [0.2, 0.25) is 5.02 Å². The number of hydrogen-bond acceptors (Lipinski definition) is 5. The van der Waals surface area contributed by atoms with E-state index in [9.17, 15) is 0 Å². The second kappa shape index (κ2) is 5.24. The van der Waals surface area contributed by atoms with Crippen LogP contribution in [-0.2, 0) is 11.2 Å². The molecular formula is C12H11ClN4OS. The maximum absolute atomic E-state index is 5.99. The fraction of sp³-hybridized carbons (Fsp3) is 0.250. The van der Waals surface area contributed by atoms with Crippen LogP contribution in [0.25, 0.3) is 15.5 Å². The molecule has 0 N–H and O–H groups in total. The molecule has 0 atom stereocenters. The first-order chi connectivity index (χ1) is 9.28. The van der Waals surface area contributed by atoms with Gasteiger partial charge in [0.25, 0.3) is 0 Å². The van der Waals surface area contributed by atoms with E-state index in [-0.39, 0.29) is 0 Å². The van der Waals surface area contributed by atoms with Crippen molar-refractivity contribution in [3.8, 4) is 10.6 Å². The molecule has 0 radical (unpaired) electrons. The minimum Gasteiger partial charge on any atom is -0.384 e. The second-order valence-electron chi connectivity index (χ2n) is 3.97. The van der Waals surface area contributed by atoms with Gasteiger partial charge in [0, 0.05) is 24.1 Å². The van der Waals surface area contributed by atoms with E-state index in [4.69, 9.17) is 16.3 Å². The Kier molecular flexibility index (Phi) is 3.46. The molecular weight excluding hydrogens is 284 g/mol. The normalized spacial score (nSPS) is 11.3. The van der Waals surface area contributed by atoms with Gasteiger partial charge >= 0.3 is 0 Å². The Morgan fingerprint density at radius 3 is 3.05 bits per heavy atom. The van der Waals surface area contributed by atoms with Crippen LogP contribution in [0.15, 0.2) is 24.3 Å². The van der Waals surface area contributed by atoms with Crippen LogP contribution >= 0.6 is 22.9 Å². The maximum atomic E-state index is 5.99. The smallest absolute Gasteiger partial charge is 0.234 e. The Balaban J connectivity index is 2.00. The first-order valence-corrected chi connectivity index (χ1v) is 6.93. The van der Waals surface area contributed by atoms with Gasteiger partial charge in [-0.15, -0.1) is 10.2 Å². The van der Waals surface area contributed by atoms with Gasteiger partial charge in [0.15, 0.2) is 5.82 Å². The molecule has 0 spiro atoms. The van der Waals surface area contributed by atoms with Crippen molar-refractivity contribution >= 4 is 27.9 Å². The molecule has 1 aromatic carbocycles. The molecule has 0 saturated heterocycles. The molecule has 0 saturated carbocycles. The zero-order valence-corrected chi connectivity index (χ0v) is 11.8. The Labute approximate surface area is 118 Å². The van der Waals surface area contributed by atoms with Gasteiger partial charge in [-0.3, -0.25) is 0 Å². The number of fused-ring (bicyclic) bond motifs is 1. The van der Waals surface area contributed by atoms with Gasteiger partial charge in [-0.2, -0.15) is 9.61 Å². The van der Waals surface area contributed by atoms with E-state index in [0.29, 0.717) is 18.1 Å². The van der Waals surface area contributed by atoms with Crippen molar-refractivity contribution in [3.63, 3.8) is 0 Å². The summed E-state index contributed by atoms with van der Waals surface area (Å²) < 4.78 is 6.81. The standard InChI is InChI=1S/C12H11ClN4OS/c1-18-6-5-10-14-15-12-17(10)16-11(19-12)8-3-2-4-9(13)7-8/h2-4,7H,5-6H2,1H3. The van der Waals surface area contributed by atoms with Crippen LogP contribution in [-0.4, -0.2) is 33.5 Å². The summed E-state index contributed by atoms with van der Waals surface area (Å²) in [5.74, 6) is 0.807. The average Bonchev–Trinajstić information content (AvgIpc) is 2.97. The SMILES string of the molecule is COCCc1nnc2sc(-c3cccc(Cl)c3)nn12. The Bertz CT molecular complexity index is 709. The van der Waals surface area contributed by atoms with E-state index in [0.717, 1.165) is 21.4 Å². The minimum atomic E-state index is 0.602. The molecule has 0 aliphatic rings. The molecule has 0 aliphatic carbocycles. The number of methoxy groups -OCH3 is 1. The summed E-state index contributed by atoms with van der Waals surface area (Å²) in [4.78, 5) is 0.779. The Hall–Kier alpha value is -1.50. The lowest BCUT2D eigenvalue weighted by Crippen LogP contribution is -2.01. The lowest BCUT2D eigenvalue weighted by atomic mass is 10.2. The molecule has 2 aromatic heterocycles. The summed E-state index contributed by atoms with van der Waals surface area (Å²) in [6, 6.07) is 7.62. The van der Waals surface area contributed by atoms with Gasteiger partial charge in [0.05, 0.1) is 6.61 Å². The molecule has 0 bridgehead atoms. The van der Waals surface area contributed by atoms with Crippen molar-refractivity contribution < 1.29 is 4.74 Å². The van der Waals surface area contributed by atoms with Crippen molar-refractivity contribution in [2.45, 2.75) is 6.42 Å². The summed E-state index contributed by atoms with van der Waals surface area (Å²) >= 11 is 7.48. The average molecular weight is 295 g/mol. The van der Waals surface area contributed by atoms with Gasteiger partial charge in [-0.25, -0.2) is 0 Å². The Morgan fingerprint density at radius 1 is 1.37 bits per heavy atom. The Morgan fingerprint density at radius 2 is 2.26 bits per heavy atom. The highest BCUT2D eigenvalue weighted by Gasteiger charge is 2.12.